The van der Waals surface area contributed by atoms with Gasteiger partial charge in [0.05, 0.1) is 23.3 Å². The molecule has 0 saturated carbocycles. The summed E-state index contributed by atoms with van der Waals surface area (Å²) in [5.74, 6) is -0.219. The third-order valence-electron chi connectivity index (χ3n) is 5.96. The Bertz CT molecular complexity index is 929. The van der Waals surface area contributed by atoms with Crippen LogP contribution in [0.5, 0.6) is 0 Å². The van der Waals surface area contributed by atoms with Gasteiger partial charge in [0.25, 0.3) is 5.91 Å². The van der Waals surface area contributed by atoms with Gasteiger partial charge in [-0.2, -0.15) is 0 Å². The zero-order chi connectivity index (χ0) is 20.5. The lowest BCUT2D eigenvalue weighted by Gasteiger charge is -2.34. The van der Waals surface area contributed by atoms with Gasteiger partial charge in [-0.25, -0.2) is 4.98 Å². The number of carbonyl (C=O) groups is 3. The van der Waals surface area contributed by atoms with E-state index in [2.05, 4.69) is 15.3 Å². The Morgan fingerprint density at radius 3 is 2.69 bits per heavy atom. The van der Waals surface area contributed by atoms with Gasteiger partial charge in [-0.15, -0.1) is 0 Å². The number of nitrogens with one attached hydrogen (secondary N) is 2. The first kappa shape index (κ1) is 19.4. The van der Waals surface area contributed by atoms with Crippen molar-refractivity contribution in [3.8, 4) is 0 Å². The molecule has 0 bridgehead atoms. The number of hydrogen-bond donors (Lipinski definition) is 2. The van der Waals surface area contributed by atoms with Crippen LogP contribution in [0.3, 0.4) is 0 Å². The minimum absolute atomic E-state index is 0.0430. The van der Waals surface area contributed by atoms with E-state index in [0.29, 0.717) is 31.6 Å². The molecule has 0 aliphatic carbocycles. The smallest absolute Gasteiger partial charge is 0.251 e. The van der Waals surface area contributed by atoms with Crippen LogP contribution in [-0.4, -0.2) is 69.2 Å². The first-order chi connectivity index (χ1) is 13.9. The maximum Gasteiger partial charge on any atom is 0.251 e. The highest BCUT2D eigenvalue weighted by Gasteiger charge is 2.38. The van der Waals surface area contributed by atoms with Crippen LogP contribution in [0.25, 0.3) is 11.0 Å². The second kappa shape index (κ2) is 7.85. The van der Waals surface area contributed by atoms with E-state index in [-0.39, 0.29) is 35.7 Å². The fourth-order valence-electron chi connectivity index (χ4n) is 4.24. The van der Waals surface area contributed by atoms with Crippen molar-refractivity contribution in [1.82, 2.24) is 25.1 Å². The lowest BCUT2D eigenvalue weighted by atomic mass is 10.0. The quantitative estimate of drug-likeness (QED) is 0.818. The van der Waals surface area contributed by atoms with Crippen LogP contribution < -0.4 is 5.32 Å². The number of hydrogen-bond acceptors (Lipinski definition) is 4. The molecule has 3 heterocycles. The van der Waals surface area contributed by atoms with Gasteiger partial charge in [0.15, 0.2) is 0 Å². The molecule has 1 aromatic carbocycles. The normalized spacial score (nSPS) is 20.7. The summed E-state index contributed by atoms with van der Waals surface area (Å²) >= 11 is 0. The number of likely N-dealkylation sites (tertiary alicyclic amines) is 2. The molecular formula is C21H27N5O3. The average molecular weight is 397 g/mol. The Kier molecular flexibility index (Phi) is 5.25. The molecule has 2 aromatic rings. The molecule has 2 fully saturated rings. The predicted molar refractivity (Wildman–Crippen MR) is 108 cm³/mol. The molecule has 3 amide bonds. The largest absolute Gasteiger partial charge is 0.349 e. The van der Waals surface area contributed by atoms with Crippen molar-refractivity contribution in [1.29, 1.82) is 0 Å². The molecule has 2 aliphatic rings. The maximum absolute atomic E-state index is 12.8. The van der Waals surface area contributed by atoms with Crippen molar-refractivity contribution >= 4 is 28.8 Å². The third kappa shape index (κ3) is 3.97. The molecule has 4 rings (SSSR count). The zero-order valence-electron chi connectivity index (χ0n) is 16.9. The summed E-state index contributed by atoms with van der Waals surface area (Å²) in [5.41, 5.74) is 2.26. The number of nitrogens with zero attached hydrogens (tertiary/aromatic N) is 3. The number of benzene rings is 1. The summed E-state index contributed by atoms with van der Waals surface area (Å²) in [6.07, 6.45) is 3.36. The van der Waals surface area contributed by atoms with Crippen LogP contribution in [0.15, 0.2) is 24.5 Å². The van der Waals surface area contributed by atoms with Gasteiger partial charge >= 0.3 is 0 Å². The van der Waals surface area contributed by atoms with Crippen molar-refractivity contribution in [3.63, 3.8) is 0 Å². The Morgan fingerprint density at radius 2 is 2.00 bits per heavy atom. The Balaban J connectivity index is 1.29. The molecule has 1 atom stereocenters. The summed E-state index contributed by atoms with van der Waals surface area (Å²) in [5, 5.41) is 3.08. The summed E-state index contributed by atoms with van der Waals surface area (Å²) in [4.78, 5) is 48.3. The number of fused-ring (bicyclic) bond motifs is 1. The van der Waals surface area contributed by atoms with E-state index < -0.39 is 0 Å². The average Bonchev–Trinajstić information content (AvgIpc) is 3.33. The number of piperidine rings is 1. The van der Waals surface area contributed by atoms with E-state index in [1.54, 1.807) is 23.4 Å². The van der Waals surface area contributed by atoms with E-state index in [0.717, 1.165) is 23.9 Å². The zero-order valence-corrected chi connectivity index (χ0v) is 16.9. The van der Waals surface area contributed by atoms with Gasteiger partial charge in [0.1, 0.15) is 0 Å². The molecule has 2 saturated heterocycles. The molecule has 1 aromatic heterocycles. The highest BCUT2D eigenvalue weighted by Crippen LogP contribution is 2.24. The fraction of sp³-hybridized carbons (Fsp3) is 0.524. The van der Waals surface area contributed by atoms with Crippen LogP contribution >= 0.6 is 0 Å². The predicted octanol–water partition coefficient (Wildman–Crippen LogP) is 1.54. The topological polar surface area (TPSA) is 98.4 Å². The lowest BCUT2D eigenvalue weighted by Crippen LogP contribution is -2.48. The third-order valence-corrected chi connectivity index (χ3v) is 5.96. The van der Waals surface area contributed by atoms with E-state index in [4.69, 9.17) is 0 Å². The molecule has 154 valence electrons. The molecule has 0 spiro atoms. The molecule has 2 aliphatic heterocycles. The summed E-state index contributed by atoms with van der Waals surface area (Å²) in [6.45, 7) is 5.68. The summed E-state index contributed by atoms with van der Waals surface area (Å²) in [6, 6.07) is 5.57. The molecule has 29 heavy (non-hydrogen) atoms. The highest BCUT2D eigenvalue weighted by molar-refractivity contribution is 5.97. The van der Waals surface area contributed by atoms with Crippen molar-refractivity contribution < 1.29 is 14.4 Å². The lowest BCUT2D eigenvalue weighted by molar-refractivity contribution is -0.136. The van der Waals surface area contributed by atoms with E-state index in [9.17, 15) is 14.4 Å². The first-order valence-electron chi connectivity index (χ1n) is 10.2. The second-order valence-electron chi connectivity index (χ2n) is 8.25. The van der Waals surface area contributed by atoms with Crippen molar-refractivity contribution in [3.05, 3.63) is 30.1 Å². The van der Waals surface area contributed by atoms with Crippen LogP contribution in [-0.2, 0) is 9.59 Å². The van der Waals surface area contributed by atoms with Gasteiger partial charge in [-0.3, -0.25) is 14.4 Å². The van der Waals surface area contributed by atoms with Gasteiger partial charge in [-0.1, -0.05) is 0 Å². The van der Waals surface area contributed by atoms with Crippen LogP contribution in [0, 0.1) is 5.92 Å². The Labute approximate surface area is 169 Å². The first-order valence-corrected chi connectivity index (χ1v) is 10.2. The van der Waals surface area contributed by atoms with Crippen molar-refractivity contribution in [2.75, 3.05) is 19.6 Å². The van der Waals surface area contributed by atoms with Crippen molar-refractivity contribution in [2.45, 2.75) is 45.2 Å². The molecule has 1 unspecified atom stereocenters. The second-order valence-corrected chi connectivity index (χ2v) is 8.25. The minimum Gasteiger partial charge on any atom is -0.349 e. The van der Waals surface area contributed by atoms with E-state index >= 15 is 0 Å². The molecule has 8 nitrogen and oxygen atoms in total. The highest BCUT2D eigenvalue weighted by atomic mass is 16.2. The number of imidazole rings is 1. The Hall–Kier alpha value is -2.90. The summed E-state index contributed by atoms with van der Waals surface area (Å²) < 4.78 is 0. The van der Waals surface area contributed by atoms with Gasteiger partial charge < -0.3 is 20.1 Å². The minimum atomic E-state index is -0.239. The van der Waals surface area contributed by atoms with E-state index in [1.165, 1.54) is 0 Å². The van der Waals surface area contributed by atoms with E-state index in [1.807, 2.05) is 24.8 Å². The summed E-state index contributed by atoms with van der Waals surface area (Å²) in [7, 11) is 0. The van der Waals surface area contributed by atoms with Gasteiger partial charge in [0.2, 0.25) is 11.8 Å². The van der Waals surface area contributed by atoms with Crippen molar-refractivity contribution in [2.24, 2.45) is 5.92 Å². The number of H-pyrrole nitrogens is 1. The number of carbonyl (C=O) groups excluding carboxylic acids is 3. The van der Waals surface area contributed by atoms with Crippen LogP contribution in [0.1, 0.15) is 43.5 Å². The monoisotopic (exact) mass is 397 g/mol. The number of amides is 3. The molecule has 2 N–H and O–H groups in total. The van der Waals surface area contributed by atoms with Gasteiger partial charge in [-0.05, 0) is 44.9 Å². The Morgan fingerprint density at radius 1 is 1.24 bits per heavy atom. The SMILES string of the molecule is CC(C)N1CC(C(=O)N2CCC(NC(=O)c3ccc4nc[nH]c4c3)CC2)CC1=O. The molecular weight excluding hydrogens is 370 g/mol. The fourth-order valence-corrected chi connectivity index (χ4v) is 4.24. The molecule has 8 heteroatoms. The molecule has 0 radical (unpaired) electrons. The number of aromatic amines is 1. The van der Waals surface area contributed by atoms with Crippen LogP contribution in [0.4, 0.5) is 0 Å². The number of aromatic nitrogens is 2. The van der Waals surface area contributed by atoms with Crippen LogP contribution in [0.2, 0.25) is 0 Å². The maximum atomic E-state index is 12.8. The van der Waals surface area contributed by atoms with Gasteiger partial charge in [0, 0.05) is 43.7 Å². The number of rotatable bonds is 4. The standard InChI is InChI=1S/C21H27N5O3/c1-13(2)26-11-15(10-19(26)27)21(29)25-7-5-16(6-8-25)24-20(28)14-3-4-17-18(9-14)23-12-22-17/h3-4,9,12-13,15-16H,5-8,10-11H2,1-2H3,(H,22,23)(H,24,28).